The van der Waals surface area contributed by atoms with Gasteiger partial charge in [-0.3, -0.25) is 5.43 Å². The van der Waals surface area contributed by atoms with Crippen molar-refractivity contribution in [2.24, 2.45) is 5.84 Å². The fourth-order valence-electron chi connectivity index (χ4n) is 1.73. The second-order valence-corrected chi connectivity index (χ2v) is 4.89. The number of halogens is 1. The highest BCUT2D eigenvalue weighted by atomic mass is 32.1. The average molecular weight is 301 g/mol. The average Bonchev–Trinajstić information content (AvgIpc) is 2.97. The summed E-state index contributed by atoms with van der Waals surface area (Å²) in [5.74, 6) is 5.01. The molecule has 6 nitrogen and oxygen atoms in total. The summed E-state index contributed by atoms with van der Waals surface area (Å²) in [7, 11) is 0. The topological polar surface area (TPSA) is 96.8 Å². The van der Waals surface area contributed by atoms with Gasteiger partial charge in [-0.15, -0.1) is 11.3 Å². The van der Waals surface area contributed by atoms with Gasteiger partial charge in [0.1, 0.15) is 4.83 Å². The van der Waals surface area contributed by atoms with Crippen LogP contribution in [0.1, 0.15) is 5.56 Å². The Labute approximate surface area is 122 Å². The van der Waals surface area contributed by atoms with Gasteiger partial charge in [0.25, 0.3) is 0 Å². The number of nitrogen functional groups attached to an aromatic ring is 1. The summed E-state index contributed by atoms with van der Waals surface area (Å²) in [4.78, 5) is 8.90. The Morgan fingerprint density at radius 3 is 2.90 bits per heavy atom. The zero-order chi connectivity index (χ0) is 14.8. The minimum atomic E-state index is -0.640. The molecular formula is C13H8FN5OS. The van der Waals surface area contributed by atoms with Crippen LogP contribution < -0.4 is 16.0 Å². The Balaban J connectivity index is 2.05. The van der Waals surface area contributed by atoms with Gasteiger partial charge in [0.05, 0.1) is 17.0 Å². The van der Waals surface area contributed by atoms with Gasteiger partial charge < -0.3 is 4.74 Å². The molecule has 3 aromatic rings. The molecule has 2 aromatic heterocycles. The lowest BCUT2D eigenvalue weighted by Gasteiger charge is -2.08. The van der Waals surface area contributed by atoms with E-state index in [1.54, 1.807) is 6.07 Å². The molecule has 0 amide bonds. The summed E-state index contributed by atoms with van der Waals surface area (Å²) < 4.78 is 19.4. The smallest absolute Gasteiger partial charge is 0.241 e. The van der Waals surface area contributed by atoms with Crippen molar-refractivity contribution < 1.29 is 9.13 Å². The largest absolute Gasteiger partial charge is 0.435 e. The Morgan fingerprint density at radius 2 is 2.19 bits per heavy atom. The molecule has 0 bridgehead atoms. The van der Waals surface area contributed by atoms with Gasteiger partial charge >= 0.3 is 0 Å². The van der Waals surface area contributed by atoms with E-state index in [1.807, 2.05) is 11.4 Å². The number of nitrogens with zero attached hydrogens (tertiary/aromatic N) is 3. The minimum Gasteiger partial charge on any atom is -0.435 e. The zero-order valence-corrected chi connectivity index (χ0v) is 11.3. The van der Waals surface area contributed by atoms with Gasteiger partial charge in [-0.1, -0.05) is 0 Å². The van der Waals surface area contributed by atoms with Crippen molar-refractivity contribution in [2.45, 2.75) is 0 Å². The maximum atomic E-state index is 13.9. The van der Waals surface area contributed by atoms with Gasteiger partial charge in [-0.2, -0.15) is 10.2 Å². The molecule has 104 valence electrons. The molecule has 0 aliphatic carbocycles. The van der Waals surface area contributed by atoms with Crippen molar-refractivity contribution in [3.63, 3.8) is 0 Å². The van der Waals surface area contributed by atoms with Crippen molar-refractivity contribution in [3.8, 4) is 17.7 Å². The van der Waals surface area contributed by atoms with Crippen molar-refractivity contribution in [2.75, 3.05) is 5.43 Å². The Morgan fingerprint density at radius 1 is 1.33 bits per heavy atom. The van der Waals surface area contributed by atoms with Gasteiger partial charge in [-0.05, 0) is 29.6 Å². The molecule has 0 atom stereocenters. The first-order chi connectivity index (χ1) is 10.2. The highest BCUT2D eigenvalue weighted by Gasteiger charge is 2.13. The molecule has 0 unspecified atom stereocenters. The van der Waals surface area contributed by atoms with E-state index in [0.29, 0.717) is 10.2 Å². The predicted octanol–water partition coefficient (Wildman–Crippen LogP) is 2.78. The lowest BCUT2D eigenvalue weighted by Crippen LogP contribution is -2.10. The molecule has 2 heterocycles. The molecule has 0 aliphatic rings. The first-order valence-corrected chi connectivity index (χ1v) is 6.68. The summed E-state index contributed by atoms with van der Waals surface area (Å²) in [6.45, 7) is 0. The van der Waals surface area contributed by atoms with Crippen molar-refractivity contribution in [3.05, 3.63) is 41.0 Å². The number of anilines is 1. The van der Waals surface area contributed by atoms with E-state index in [1.165, 1.54) is 23.5 Å². The van der Waals surface area contributed by atoms with Crippen molar-refractivity contribution >= 4 is 27.5 Å². The molecule has 0 saturated carbocycles. The quantitative estimate of drug-likeness (QED) is 0.570. The predicted molar refractivity (Wildman–Crippen MR) is 76.4 cm³/mol. The van der Waals surface area contributed by atoms with E-state index in [2.05, 4.69) is 15.4 Å². The molecule has 3 N–H and O–H groups in total. The number of thiophene rings is 1. The number of benzene rings is 1. The van der Waals surface area contributed by atoms with Crippen LogP contribution in [-0.2, 0) is 0 Å². The van der Waals surface area contributed by atoms with Crippen LogP contribution in [0.25, 0.3) is 10.2 Å². The van der Waals surface area contributed by atoms with E-state index < -0.39 is 5.82 Å². The molecule has 0 radical (unpaired) electrons. The van der Waals surface area contributed by atoms with Crippen molar-refractivity contribution in [1.29, 1.82) is 5.26 Å². The third-order valence-corrected chi connectivity index (χ3v) is 3.49. The molecular weight excluding hydrogens is 293 g/mol. The summed E-state index contributed by atoms with van der Waals surface area (Å²) in [5, 5.41) is 11.2. The fraction of sp³-hybridized carbons (Fsp3) is 0. The number of nitriles is 1. The lowest BCUT2D eigenvalue weighted by molar-refractivity contribution is 0.432. The number of fused-ring (bicyclic) bond motifs is 1. The monoisotopic (exact) mass is 301 g/mol. The number of hydrogen-bond donors (Lipinski definition) is 2. The SMILES string of the molecule is N#Cc1ccc(Oc2nc(NN)nc3sccc23)c(F)c1. The van der Waals surface area contributed by atoms with Crippen LogP contribution in [0, 0.1) is 17.1 Å². The first kappa shape index (κ1) is 13.2. The van der Waals surface area contributed by atoms with Crippen LogP contribution in [0.4, 0.5) is 10.3 Å². The zero-order valence-electron chi connectivity index (χ0n) is 10.5. The fourth-order valence-corrected chi connectivity index (χ4v) is 2.48. The highest BCUT2D eigenvalue weighted by Crippen LogP contribution is 2.32. The molecule has 0 aliphatic heterocycles. The summed E-state index contributed by atoms with van der Waals surface area (Å²) in [6.07, 6.45) is 0. The Bertz CT molecular complexity index is 857. The molecule has 0 fully saturated rings. The number of rotatable bonds is 3. The van der Waals surface area contributed by atoms with E-state index >= 15 is 0 Å². The summed E-state index contributed by atoms with van der Waals surface area (Å²) >= 11 is 1.39. The number of hydrogen-bond acceptors (Lipinski definition) is 7. The second kappa shape index (κ2) is 5.32. The van der Waals surface area contributed by atoms with Gasteiger partial charge in [-0.25, -0.2) is 15.2 Å². The molecule has 0 spiro atoms. The summed E-state index contributed by atoms with van der Waals surface area (Å²) in [5.41, 5.74) is 2.55. The van der Waals surface area contributed by atoms with Crippen LogP contribution >= 0.6 is 11.3 Å². The lowest BCUT2D eigenvalue weighted by atomic mass is 10.2. The van der Waals surface area contributed by atoms with Crippen molar-refractivity contribution in [1.82, 2.24) is 9.97 Å². The Hall–Kier alpha value is -2.76. The number of nitrogens with one attached hydrogen (secondary N) is 1. The molecule has 0 saturated heterocycles. The molecule has 3 rings (SSSR count). The third kappa shape index (κ3) is 2.47. The van der Waals surface area contributed by atoms with Crippen LogP contribution in [-0.4, -0.2) is 9.97 Å². The Kier molecular flexibility index (Phi) is 3.35. The normalized spacial score (nSPS) is 10.3. The number of aromatic nitrogens is 2. The van der Waals surface area contributed by atoms with Crippen LogP contribution in [0.3, 0.4) is 0 Å². The number of hydrazine groups is 1. The van der Waals surface area contributed by atoms with Gasteiger partial charge in [0.2, 0.25) is 11.8 Å². The van der Waals surface area contributed by atoms with E-state index in [9.17, 15) is 4.39 Å². The maximum Gasteiger partial charge on any atom is 0.241 e. The maximum absolute atomic E-state index is 13.9. The van der Waals surface area contributed by atoms with Crippen LogP contribution in [0.5, 0.6) is 11.6 Å². The second-order valence-electron chi connectivity index (χ2n) is 4.00. The highest BCUT2D eigenvalue weighted by molar-refractivity contribution is 7.16. The van der Waals surface area contributed by atoms with E-state index in [-0.39, 0.29) is 23.1 Å². The molecule has 8 heteroatoms. The third-order valence-electron chi connectivity index (χ3n) is 2.69. The number of ether oxygens (including phenoxy) is 1. The summed E-state index contributed by atoms with van der Waals surface area (Å²) in [6, 6.07) is 7.58. The van der Waals surface area contributed by atoms with E-state index in [4.69, 9.17) is 15.8 Å². The van der Waals surface area contributed by atoms with Gasteiger partial charge in [0.15, 0.2) is 11.6 Å². The standard InChI is InChI=1S/C13H8FN5OS/c14-9-5-7(6-15)1-2-10(9)20-11-8-3-4-21-12(8)18-13(17-11)19-16/h1-5H,16H2,(H,17,18,19). The first-order valence-electron chi connectivity index (χ1n) is 5.80. The minimum absolute atomic E-state index is 0.0248. The number of nitrogens with two attached hydrogens (primary N) is 1. The molecule has 21 heavy (non-hydrogen) atoms. The van der Waals surface area contributed by atoms with Crippen LogP contribution in [0.15, 0.2) is 29.6 Å². The van der Waals surface area contributed by atoms with Crippen LogP contribution in [0.2, 0.25) is 0 Å². The van der Waals surface area contributed by atoms with E-state index in [0.717, 1.165) is 6.07 Å². The van der Waals surface area contributed by atoms with Gasteiger partial charge in [0, 0.05) is 0 Å². The molecule has 1 aromatic carbocycles.